The standard InChI is InChI=1S/C18H18N2O2/c1-3-4-5-8-18(21)20-15-9-10-17(14(2)12-15)22-16-7-6-11-19-13-16/h3-13H,1-2H3,(H,20,21)/b4-3+,8-5+. The number of aryl methyl sites for hydroxylation is 1. The van der Waals surface area contributed by atoms with Crippen LogP contribution in [0.2, 0.25) is 0 Å². The Kier molecular flexibility index (Phi) is 5.49. The summed E-state index contributed by atoms with van der Waals surface area (Å²) in [7, 11) is 0. The van der Waals surface area contributed by atoms with Crippen molar-refractivity contribution in [3.63, 3.8) is 0 Å². The summed E-state index contributed by atoms with van der Waals surface area (Å²) in [6, 6.07) is 9.16. The molecule has 0 spiro atoms. The van der Waals surface area contributed by atoms with Gasteiger partial charge in [0.2, 0.25) is 5.91 Å². The molecule has 1 aromatic heterocycles. The number of hydrogen-bond donors (Lipinski definition) is 1. The lowest BCUT2D eigenvalue weighted by atomic mass is 10.2. The second-order valence-corrected chi connectivity index (χ2v) is 4.65. The summed E-state index contributed by atoms with van der Waals surface area (Å²) in [5.41, 5.74) is 1.66. The molecule has 1 N–H and O–H groups in total. The molecule has 0 aliphatic carbocycles. The van der Waals surface area contributed by atoms with Gasteiger partial charge in [-0.1, -0.05) is 18.2 Å². The van der Waals surface area contributed by atoms with Crippen LogP contribution in [0.5, 0.6) is 11.5 Å². The van der Waals surface area contributed by atoms with Crippen molar-refractivity contribution in [2.75, 3.05) is 5.32 Å². The van der Waals surface area contributed by atoms with Crippen molar-refractivity contribution in [1.29, 1.82) is 0 Å². The first kappa shape index (κ1) is 15.5. The van der Waals surface area contributed by atoms with Crippen molar-refractivity contribution in [2.45, 2.75) is 13.8 Å². The molecule has 2 rings (SSSR count). The number of pyridine rings is 1. The Labute approximate surface area is 130 Å². The molecule has 112 valence electrons. The van der Waals surface area contributed by atoms with E-state index in [2.05, 4.69) is 10.3 Å². The molecular weight excluding hydrogens is 276 g/mol. The van der Waals surface area contributed by atoms with Crippen LogP contribution in [-0.4, -0.2) is 10.9 Å². The SMILES string of the molecule is C/C=C/C=C/C(=O)Nc1ccc(Oc2cccnc2)c(C)c1. The van der Waals surface area contributed by atoms with E-state index in [1.165, 1.54) is 6.08 Å². The van der Waals surface area contributed by atoms with E-state index >= 15 is 0 Å². The van der Waals surface area contributed by atoms with Gasteiger partial charge < -0.3 is 10.1 Å². The highest BCUT2D eigenvalue weighted by Crippen LogP contribution is 2.26. The van der Waals surface area contributed by atoms with Crippen molar-refractivity contribution in [2.24, 2.45) is 0 Å². The molecule has 1 heterocycles. The summed E-state index contributed by atoms with van der Waals surface area (Å²) in [6.07, 6.45) is 10.2. The Morgan fingerprint density at radius 1 is 1.27 bits per heavy atom. The predicted molar refractivity (Wildman–Crippen MR) is 88.1 cm³/mol. The van der Waals surface area contributed by atoms with E-state index in [0.29, 0.717) is 5.75 Å². The van der Waals surface area contributed by atoms with E-state index < -0.39 is 0 Å². The van der Waals surface area contributed by atoms with Crippen molar-refractivity contribution < 1.29 is 9.53 Å². The van der Waals surface area contributed by atoms with Crippen LogP contribution in [0.4, 0.5) is 5.69 Å². The zero-order chi connectivity index (χ0) is 15.8. The van der Waals surface area contributed by atoms with Gasteiger partial charge in [-0.25, -0.2) is 0 Å². The van der Waals surface area contributed by atoms with Crippen molar-refractivity contribution >= 4 is 11.6 Å². The minimum absolute atomic E-state index is 0.168. The average molecular weight is 294 g/mol. The fourth-order valence-electron chi connectivity index (χ4n) is 1.81. The fraction of sp³-hybridized carbons (Fsp3) is 0.111. The second-order valence-electron chi connectivity index (χ2n) is 4.65. The van der Waals surface area contributed by atoms with Crippen molar-refractivity contribution in [1.82, 2.24) is 4.98 Å². The number of anilines is 1. The smallest absolute Gasteiger partial charge is 0.248 e. The number of aromatic nitrogens is 1. The second kappa shape index (κ2) is 7.78. The number of carbonyl (C=O) groups excluding carboxylic acids is 1. The Morgan fingerprint density at radius 3 is 2.82 bits per heavy atom. The lowest BCUT2D eigenvalue weighted by molar-refractivity contribution is -0.111. The van der Waals surface area contributed by atoms with Crippen LogP contribution in [0, 0.1) is 6.92 Å². The normalized spacial score (nSPS) is 11.0. The Bertz CT molecular complexity index is 691. The van der Waals surface area contributed by atoms with Gasteiger partial charge in [0, 0.05) is 18.0 Å². The van der Waals surface area contributed by atoms with Crippen LogP contribution in [0.1, 0.15) is 12.5 Å². The maximum atomic E-state index is 11.7. The third-order valence-electron chi connectivity index (χ3n) is 2.86. The lowest BCUT2D eigenvalue weighted by Crippen LogP contribution is -2.07. The number of rotatable bonds is 5. The largest absolute Gasteiger partial charge is 0.455 e. The quantitative estimate of drug-likeness (QED) is 0.662. The molecular formula is C18H18N2O2. The van der Waals surface area contributed by atoms with E-state index in [4.69, 9.17) is 4.74 Å². The number of nitrogens with zero attached hydrogens (tertiary/aromatic N) is 1. The van der Waals surface area contributed by atoms with Gasteiger partial charge >= 0.3 is 0 Å². The molecule has 0 radical (unpaired) electrons. The summed E-state index contributed by atoms with van der Waals surface area (Å²) in [5.74, 6) is 1.24. The molecule has 0 aliphatic rings. The average Bonchev–Trinajstić information content (AvgIpc) is 2.51. The summed E-state index contributed by atoms with van der Waals surface area (Å²) in [4.78, 5) is 15.7. The molecule has 2 aromatic rings. The van der Waals surface area contributed by atoms with Gasteiger partial charge in [-0.15, -0.1) is 0 Å². The van der Waals surface area contributed by atoms with Crippen LogP contribution in [0.15, 0.2) is 67.0 Å². The minimum atomic E-state index is -0.168. The van der Waals surface area contributed by atoms with E-state index in [0.717, 1.165) is 17.0 Å². The van der Waals surface area contributed by atoms with Crippen molar-refractivity contribution in [3.05, 3.63) is 72.6 Å². The highest BCUT2D eigenvalue weighted by Gasteiger charge is 2.04. The molecule has 0 atom stereocenters. The zero-order valence-corrected chi connectivity index (χ0v) is 12.6. The summed E-state index contributed by atoms with van der Waals surface area (Å²) < 4.78 is 5.75. The summed E-state index contributed by atoms with van der Waals surface area (Å²) in [5, 5.41) is 2.81. The molecule has 0 unspecified atom stereocenters. The number of hydrogen-bond acceptors (Lipinski definition) is 3. The number of allylic oxidation sites excluding steroid dienone is 3. The number of amides is 1. The first-order valence-electron chi connectivity index (χ1n) is 6.98. The first-order valence-corrected chi connectivity index (χ1v) is 6.98. The van der Waals surface area contributed by atoms with Gasteiger partial charge in [0.25, 0.3) is 0 Å². The molecule has 4 nitrogen and oxygen atoms in total. The van der Waals surface area contributed by atoms with Crippen LogP contribution in [0.25, 0.3) is 0 Å². The molecule has 4 heteroatoms. The third kappa shape index (κ3) is 4.59. The van der Waals surface area contributed by atoms with Gasteiger partial charge in [0.1, 0.15) is 11.5 Å². The van der Waals surface area contributed by atoms with Gasteiger partial charge in [-0.2, -0.15) is 0 Å². The Hall–Kier alpha value is -2.88. The molecule has 1 amide bonds. The molecule has 0 saturated carbocycles. The maximum absolute atomic E-state index is 11.7. The predicted octanol–water partition coefficient (Wildman–Crippen LogP) is 4.25. The molecule has 22 heavy (non-hydrogen) atoms. The maximum Gasteiger partial charge on any atom is 0.248 e. The lowest BCUT2D eigenvalue weighted by Gasteiger charge is -2.10. The topological polar surface area (TPSA) is 51.2 Å². The first-order chi connectivity index (χ1) is 10.7. The monoisotopic (exact) mass is 294 g/mol. The van der Waals surface area contributed by atoms with Gasteiger partial charge in [0.15, 0.2) is 0 Å². The molecule has 0 fully saturated rings. The van der Waals surface area contributed by atoms with Crippen LogP contribution in [-0.2, 0) is 4.79 Å². The Balaban J connectivity index is 2.05. The fourth-order valence-corrected chi connectivity index (χ4v) is 1.81. The highest BCUT2D eigenvalue weighted by atomic mass is 16.5. The number of benzene rings is 1. The van der Waals surface area contributed by atoms with E-state index in [9.17, 15) is 4.79 Å². The molecule has 1 aromatic carbocycles. The summed E-state index contributed by atoms with van der Waals surface area (Å²) >= 11 is 0. The zero-order valence-electron chi connectivity index (χ0n) is 12.6. The van der Waals surface area contributed by atoms with Crippen LogP contribution < -0.4 is 10.1 Å². The number of ether oxygens (including phenoxy) is 1. The highest BCUT2D eigenvalue weighted by molar-refractivity contribution is 5.99. The van der Waals surface area contributed by atoms with Crippen LogP contribution >= 0.6 is 0 Å². The van der Waals surface area contributed by atoms with E-state index in [1.807, 2.05) is 44.2 Å². The molecule has 0 aliphatic heterocycles. The third-order valence-corrected chi connectivity index (χ3v) is 2.86. The minimum Gasteiger partial charge on any atom is -0.455 e. The van der Waals surface area contributed by atoms with Gasteiger partial charge in [-0.05, 0) is 49.7 Å². The van der Waals surface area contributed by atoms with E-state index in [1.54, 1.807) is 30.6 Å². The molecule has 0 bridgehead atoms. The van der Waals surface area contributed by atoms with Crippen molar-refractivity contribution in [3.8, 4) is 11.5 Å². The summed E-state index contributed by atoms with van der Waals surface area (Å²) in [6.45, 7) is 3.82. The number of carbonyl (C=O) groups is 1. The Morgan fingerprint density at radius 2 is 2.14 bits per heavy atom. The van der Waals surface area contributed by atoms with Gasteiger partial charge in [-0.3, -0.25) is 9.78 Å². The van der Waals surface area contributed by atoms with E-state index in [-0.39, 0.29) is 5.91 Å². The van der Waals surface area contributed by atoms with Crippen LogP contribution in [0.3, 0.4) is 0 Å². The van der Waals surface area contributed by atoms with Gasteiger partial charge in [0.05, 0.1) is 6.20 Å². The number of nitrogens with one attached hydrogen (secondary N) is 1. The molecule has 0 saturated heterocycles.